The highest BCUT2D eigenvalue weighted by Gasteiger charge is 2.38. The van der Waals surface area contributed by atoms with Gasteiger partial charge in [0.25, 0.3) is 0 Å². The van der Waals surface area contributed by atoms with Gasteiger partial charge in [-0.1, -0.05) is 24.3 Å². The van der Waals surface area contributed by atoms with Gasteiger partial charge in [-0.25, -0.2) is 9.59 Å². The second kappa shape index (κ2) is 9.75. The Bertz CT molecular complexity index is 1080. The Balaban J connectivity index is 1.96. The summed E-state index contributed by atoms with van der Waals surface area (Å²) in [5.41, 5.74) is 3.31. The Labute approximate surface area is 199 Å². The van der Waals surface area contributed by atoms with Crippen molar-refractivity contribution in [1.29, 1.82) is 0 Å². The highest BCUT2D eigenvalue weighted by atomic mass is 16.6. The smallest absolute Gasteiger partial charge is 0.408 e. The third-order valence-electron chi connectivity index (χ3n) is 5.89. The van der Waals surface area contributed by atoms with Crippen molar-refractivity contribution in [1.82, 2.24) is 10.2 Å². The van der Waals surface area contributed by atoms with E-state index in [1.54, 1.807) is 32.9 Å². The standard InChI is InChI=1S/C26H32N2O6/c1-15-10-19(29)11-16(2)20(15)13-21(27-25(33)34-26(3,4)5)23(30)28-14-18-9-7-6-8-17(18)12-22(28)24(31)32/h6-11,21-22,29H,12-14H2,1-5H3,(H,27,33)(H,31,32)/t21-,22-/m0/s1. The van der Waals surface area contributed by atoms with Gasteiger partial charge in [0.15, 0.2) is 0 Å². The molecule has 34 heavy (non-hydrogen) atoms. The Morgan fingerprint density at radius 2 is 1.71 bits per heavy atom. The molecule has 0 fully saturated rings. The number of benzene rings is 2. The van der Waals surface area contributed by atoms with Crippen LogP contribution in [0.5, 0.6) is 5.75 Å². The number of fused-ring (bicyclic) bond motifs is 1. The lowest BCUT2D eigenvalue weighted by atomic mass is 9.91. The number of carboxylic acid groups (broad SMARTS) is 1. The molecule has 0 unspecified atom stereocenters. The van der Waals surface area contributed by atoms with Crippen LogP contribution in [0.25, 0.3) is 0 Å². The number of nitrogens with zero attached hydrogens (tertiary/aromatic N) is 1. The number of nitrogens with one attached hydrogen (secondary N) is 1. The maximum Gasteiger partial charge on any atom is 0.408 e. The Morgan fingerprint density at radius 1 is 1.12 bits per heavy atom. The minimum atomic E-state index is -1.10. The molecule has 182 valence electrons. The topological polar surface area (TPSA) is 116 Å². The summed E-state index contributed by atoms with van der Waals surface area (Å²) >= 11 is 0. The van der Waals surface area contributed by atoms with Crippen molar-refractivity contribution >= 4 is 18.0 Å². The van der Waals surface area contributed by atoms with Crippen LogP contribution in [0, 0.1) is 13.8 Å². The van der Waals surface area contributed by atoms with Crippen molar-refractivity contribution in [2.75, 3.05) is 0 Å². The molecule has 0 aliphatic carbocycles. The van der Waals surface area contributed by atoms with Crippen molar-refractivity contribution in [3.05, 3.63) is 64.2 Å². The summed E-state index contributed by atoms with van der Waals surface area (Å²) < 4.78 is 5.38. The van der Waals surface area contributed by atoms with Crippen LogP contribution in [0.2, 0.25) is 0 Å². The summed E-state index contributed by atoms with van der Waals surface area (Å²) in [4.78, 5) is 39.8. The van der Waals surface area contributed by atoms with Crippen LogP contribution in [-0.4, -0.2) is 50.8 Å². The number of hydrogen-bond donors (Lipinski definition) is 3. The first-order valence-corrected chi connectivity index (χ1v) is 11.2. The first-order chi connectivity index (χ1) is 15.9. The van der Waals surface area contributed by atoms with E-state index in [4.69, 9.17) is 4.74 Å². The Kier molecular flexibility index (Phi) is 7.19. The number of alkyl carbamates (subject to hydrolysis) is 1. The number of aliphatic carboxylic acids is 1. The van der Waals surface area contributed by atoms with E-state index in [-0.39, 0.29) is 25.1 Å². The number of rotatable bonds is 5. The summed E-state index contributed by atoms with van der Waals surface area (Å²) in [7, 11) is 0. The molecular formula is C26H32N2O6. The summed E-state index contributed by atoms with van der Waals surface area (Å²) in [5.74, 6) is -1.49. The summed E-state index contributed by atoms with van der Waals surface area (Å²) in [6, 6.07) is 8.52. The van der Waals surface area contributed by atoms with E-state index in [1.807, 2.05) is 38.1 Å². The van der Waals surface area contributed by atoms with Crippen LogP contribution in [-0.2, 0) is 33.7 Å². The molecule has 2 amide bonds. The molecule has 0 radical (unpaired) electrons. The molecule has 0 bridgehead atoms. The fourth-order valence-electron chi connectivity index (χ4n) is 4.32. The predicted octanol–water partition coefficient (Wildman–Crippen LogP) is 3.48. The number of carbonyl (C=O) groups is 3. The maximum absolute atomic E-state index is 13.8. The number of hydrogen-bond acceptors (Lipinski definition) is 5. The van der Waals surface area contributed by atoms with Crippen molar-refractivity contribution < 1.29 is 29.3 Å². The van der Waals surface area contributed by atoms with Gasteiger partial charge < -0.3 is 25.2 Å². The fourth-order valence-corrected chi connectivity index (χ4v) is 4.32. The van der Waals surface area contributed by atoms with Gasteiger partial charge in [-0.3, -0.25) is 4.79 Å². The van der Waals surface area contributed by atoms with E-state index in [0.717, 1.165) is 27.8 Å². The highest BCUT2D eigenvalue weighted by Crippen LogP contribution is 2.27. The molecule has 3 N–H and O–H groups in total. The molecule has 2 aromatic carbocycles. The fraction of sp³-hybridized carbons (Fsp3) is 0.423. The molecular weight excluding hydrogens is 436 g/mol. The number of carbonyl (C=O) groups excluding carboxylic acids is 2. The molecule has 2 aromatic rings. The highest BCUT2D eigenvalue weighted by molar-refractivity contribution is 5.90. The molecule has 8 nitrogen and oxygen atoms in total. The van der Waals surface area contributed by atoms with Crippen LogP contribution in [0.1, 0.15) is 48.6 Å². The van der Waals surface area contributed by atoms with Crippen molar-refractivity contribution in [2.24, 2.45) is 0 Å². The van der Waals surface area contributed by atoms with Gasteiger partial charge >= 0.3 is 12.1 Å². The van der Waals surface area contributed by atoms with E-state index in [2.05, 4.69) is 5.32 Å². The summed E-state index contributed by atoms with van der Waals surface area (Å²) in [6.45, 7) is 8.92. The number of phenols is 1. The second-order valence-corrected chi connectivity index (χ2v) is 9.75. The molecule has 1 aliphatic rings. The SMILES string of the molecule is Cc1cc(O)cc(C)c1C[C@H](NC(=O)OC(C)(C)C)C(=O)N1Cc2ccccc2C[C@H]1C(=O)O. The Hall–Kier alpha value is -3.55. The number of ether oxygens (including phenoxy) is 1. The predicted molar refractivity (Wildman–Crippen MR) is 127 cm³/mol. The molecule has 0 aromatic heterocycles. The number of phenolic OH excluding ortho intramolecular Hbond substituents is 1. The molecule has 1 heterocycles. The normalized spacial score (nSPS) is 16.4. The summed E-state index contributed by atoms with van der Waals surface area (Å²) in [6.07, 6.45) is -0.446. The third-order valence-corrected chi connectivity index (χ3v) is 5.89. The number of amides is 2. The summed E-state index contributed by atoms with van der Waals surface area (Å²) in [5, 5.41) is 22.4. The molecule has 0 saturated heterocycles. The number of carboxylic acids is 1. The van der Waals surface area contributed by atoms with Gasteiger partial charge in [-0.15, -0.1) is 0 Å². The number of aryl methyl sites for hydroxylation is 2. The van der Waals surface area contributed by atoms with Gasteiger partial charge in [-0.2, -0.15) is 0 Å². The van der Waals surface area contributed by atoms with Crippen LogP contribution in [0.15, 0.2) is 36.4 Å². The zero-order valence-corrected chi connectivity index (χ0v) is 20.2. The van der Waals surface area contributed by atoms with E-state index in [0.29, 0.717) is 0 Å². The van der Waals surface area contributed by atoms with Crippen LogP contribution < -0.4 is 5.32 Å². The van der Waals surface area contributed by atoms with Gasteiger partial charge in [0, 0.05) is 19.4 Å². The van der Waals surface area contributed by atoms with Crippen molar-refractivity contribution in [3.8, 4) is 5.75 Å². The number of aromatic hydroxyl groups is 1. The van der Waals surface area contributed by atoms with Gasteiger partial charge in [0.2, 0.25) is 5.91 Å². The lowest BCUT2D eigenvalue weighted by Gasteiger charge is -2.37. The molecule has 0 spiro atoms. The average molecular weight is 469 g/mol. The first-order valence-electron chi connectivity index (χ1n) is 11.2. The first kappa shape index (κ1) is 25.1. The minimum absolute atomic E-state index is 0.111. The minimum Gasteiger partial charge on any atom is -0.508 e. The maximum atomic E-state index is 13.8. The van der Waals surface area contributed by atoms with Crippen LogP contribution >= 0.6 is 0 Å². The Morgan fingerprint density at radius 3 is 2.26 bits per heavy atom. The zero-order chi connectivity index (χ0) is 25.2. The lowest BCUT2D eigenvalue weighted by molar-refractivity contribution is -0.152. The zero-order valence-electron chi connectivity index (χ0n) is 20.2. The largest absolute Gasteiger partial charge is 0.508 e. The van der Waals surface area contributed by atoms with Gasteiger partial charge in [-0.05, 0) is 74.6 Å². The van der Waals surface area contributed by atoms with Crippen LogP contribution in [0.3, 0.4) is 0 Å². The third kappa shape index (κ3) is 5.87. The molecule has 8 heteroatoms. The second-order valence-electron chi connectivity index (χ2n) is 9.75. The van der Waals surface area contributed by atoms with E-state index in [9.17, 15) is 24.6 Å². The molecule has 0 saturated carbocycles. The molecule has 2 atom stereocenters. The van der Waals surface area contributed by atoms with Gasteiger partial charge in [0.05, 0.1) is 0 Å². The van der Waals surface area contributed by atoms with Crippen molar-refractivity contribution in [3.63, 3.8) is 0 Å². The van der Waals surface area contributed by atoms with E-state index < -0.39 is 35.7 Å². The quantitative estimate of drug-likeness (QED) is 0.619. The van der Waals surface area contributed by atoms with E-state index in [1.165, 1.54) is 4.90 Å². The van der Waals surface area contributed by atoms with Gasteiger partial charge in [0.1, 0.15) is 23.4 Å². The van der Waals surface area contributed by atoms with Crippen molar-refractivity contribution in [2.45, 2.75) is 71.7 Å². The monoisotopic (exact) mass is 468 g/mol. The lowest BCUT2D eigenvalue weighted by Crippen LogP contribution is -2.56. The van der Waals surface area contributed by atoms with Crippen LogP contribution in [0.4, 0.5) is 4.79 Å². The molecule has 3 rings (SSSR count). The molecule has 1 aliphatic heterocycles. The average Bonchev–Trinajstić information content (AvgIpc) is 2.72. The van der Waals surface area contributed by atoms with E-state index >= 15 is 0 Å².